The van der Waals surface area contributed by atoms with Crippen LogP contribution < -0.4 is 10.1 Å². The number of carbonyl (C=O) groups excluding carboxylic acids is 1. The van der Waals surface area contributed by atoms with E-state index in [9.17, 15) is 4.79 Å². The average molecular weight is 352 g/mol. The number of benzene rings is 2. The fourth-order valence-electron chi connectivity index (χ4n) is 2.98. The monoisotopic (exact) mass is 352 g/mol. The Kier molecular flexibility index (Phi) is 5.26. The third-order valence-corrected chi connectivity index (χ3v) is 4.59. The van der Waals surface area contributed by atoms with E-state index in [-0.39, 0.29) is 12.0 Å². The molecule has 0 saturated carbocycles. The molecule has 2 atom stereocenters. The number of anilines is 1. The molecule has 1 aliphatic heterocycles. The summed E-state index contributed by atoms with van der Waals surface area (Å²) in [5, 5.41) is 7.11. The summed E-state index contributed by atoms with van der Waals surface area (Å²) in [6.07, 6.45) is -0.312. The predicted octanol–water partition coefficient (Wildman–Crippen LogP) is 4.20. The van der Waals surface area contributed by atoms with Crippen molar-refractivity contribution in [1.82, 2.24) is 0 Å². The van der Waals surface area contributed by atoms with Gasteiger partial charge in [-0.25, -0.2) is 0 Å². The molecule has 26 heavy (non-hydrogen) atoms. The van der Waals surface area contributed by atoms with Gasteiger partial charge in [0.25, 0.3) is 0 Å². The molecule has 136 valence electrons. The van der Waals surface area contributed by atoms with Gasteiger partial charge in [0.15, 0.2) is 0 Å². The van der Waals surface area contributed by atoms with Gasteiger partial charge in [-0.05, 0) is 42.7 Å². The van der Waals surface area contributed by atoms with Crippen LogP contribution in [-0.2, 0) is 9.63 Å². The lowest BCUT2D eigenvalue weighted by atomic mass is 9.91. The van der Waals surface area contributed by atoms with Crippen LogP contribution in [0.3, 0.4) is 0 Å². The first kappa shape index (κ1) is 18.0. The first-order valence-electron chi connectivity index (χ1n) is 8.78. The van der Waals surface area contributed by atoms with E-state index in [0.717, 1.165) is 11.3 Å². The quantitative estimate of drug-likeness (QED) is 0.877. The second-order valence-corrected chi connectivity index (χ2v) is 6.76. The number of amides is 1. The Balaban J connectivity index is 1.77. The topological polar surface area (TPSA) is 59.9 Å². The summed E-state index contributed by atoms with van der Waals surface area (Å²) in [4.78, 5) is 18.2. The van der Waals surface area contributed by atoms with Crippen LogP contribution in [0.15, 0.2) is 53.7 Å². The number of methoxy groups -OCH3 is 1. The molecule has 1 heterocycles. The lowest BCUT2D eigenvalue weighted by Gasteiger charge is -2.16. The van der Waals surface area contributed by atoms with Gasteiger partial charge in [-0.2, -0.15) is 0 Å². The molecule has 2 aromatic rings. The summed E-state index contributed by atoms with van der Waals surface area (Å²) in [5.74, 6) is 0.612. The summed E-state index contributed by atoms with van der Waals surface area (Å²) >= 11 is 0. The number of rotatable bonds is 5. The van der Waals surface area contributed by atoms with Gasteiger partial charge < -0.3 is 14.9 Å². The summed E-state index contributed by atoms with van der Waals surface area (Å²) in [6.45, 7) is 6.16. The number of carbonyl (C=O) groups is 1. The van der Waals surface area contributed by atoms with Crippen molar-refractivity contribution >= 4 is 17.3 Å². The van der Waals surface area contributed by atoms with Crippen molar-refractivity contribution in [2.45, 2.75) is 32.8 Å². The van der Waals surface area contributed by atoms with Crippen molar-refractivity contribution in [1.29, 1.82) is 0 Å². The third-order valence-electron chi connectivity index (χ3n) is 4.59. The van der Waals surface area contributed by atoms with Crippen LogP contribution >= 0.6 is 0 Å². The van der Waals surface area contributed by atoms with Gasteiger partial charge in [0.05, 0.1) is 7.11 Å². The van der Waals surface area contributed by atoms with Gasteiger partial charge in [-0.15, -0.1) is 0 Å². The Morgan fingerprint density at radius 1 is 1.12 bits per heavy atom. The maximum Gasteiger partial charge on any atom is 0.237 e. The highest BCUT2D eigenvalue weighted by Gasteiger charge is 2.37. The normalized spacial score (nSPS) is 19.0. The van der Waals surface area contributed by atoms with Crippen LogP contribution in [0.5, 0.6) is 5.75 Å². The molecule has 0 saturated heterocycles. The number of nitrogens with one attached hydrogen (secondary N) is 1. The van der Waals surface area contributed by atoms with Crippen LogP contribution in [0.1, 0.15) is 37.8 Å². The van der Waals surface area contributed by atoms with E-state index in [1.807, 2.05) is 43.3 Å². The fraction of sp³-hybridized carbons (Fsp3) is 0.333. The fourth-order valence-corrected chi connectivity index (χ4v) is 2.98. The first-order chi connectivity index (χ1) is 12.5. The summed E-state index contributed by atoms with van der Waals surface area (Å²) < 4.78 is 5.14. The van der Waals surface area contributed by atoms with Crippen LogP contribution in [-0.4, -0.2) is 24.8 Å². The summed E-state index contributed by atoms with van der Waals surface area (Å²) in [6, 6.07) is 15.4. The molecule has 0 bridgehead atoms. The van der Waals surface area contributed by atoms with Crippen molar-refractivity contribution in [3.05, 3.63) is 59.7 Å². The minimum atomic E-state index is -0.456. The van der Waals surface area contributed by atoms with E-state index >= 15 is 0 Å². The third kappa shape index (κ3) is 3.72. The second-order valence-electron chi connectivity index (χ2n) is 6.76. The van der Waals surface area contributed by atoms with E-state index in [1.165, 1.54) is 5.56 Å². The van der Waals surface area contributed by atoms with Gasteiger partial charge in [-0.3, -0.25) is 4.79 Å². The van der Waals surface area contributed by atoms with E-state index in [1.54, 1.807) is 7.11 Å². The molecule has 0 spiro atoms. The molecule has 0 unspecified atom stereocenters. The molecule has 5 heteroatoms. The standard InChI is InChI=1S/C21H24N2O3/c1-13(2)15-5-7-16(8-6-15)20-19(14(3)26-23-20)21(24)22-17-9-11-18(25-4)12-10-17/h5-14,19H,1-4H3,(H,22,24)/t14-,19-/m0/s1. The zero-order valence-electron chi connectivity index (χ0n) is 15.5. The molecule has 0 fully saturated rings. The maximum absolute atomic E-state index is 12.8. The molecular weight excluding hydrogens is 328 g/mol. The van der Waals surface area contributed by atoms with E-state index < -0.39 is 5.92 Å². The molecule has 5 nitrogen and oxygen atoms in total. The molecule has 1 aliphatic rings. The number of nitrogens with zero attached hydrogens (tertiary/aromatic N) is 1. The minimum Gasteiger partial charge on any atom is -0.497 e. The average Bonchev–Trinajstić information content (AvgIpc) is 3.04. The van der Waals surface area contributed by atoms with Crippen molar-refractivity contribution in [3.8, 4) is 5.75 Å². The van der Waals surface area contributed by atoms with Crippen LogP contribution in [0.25, 0.3) is 0 Å². The van der Waals surface area contributed by atoms with Gasteiger partial charge in [0.2, 0.25) is 5.91 Å². The highest BCUT2D eigenvalue weighted by atomic mass is 16.6. The molecule has 2 aromatic carbocycles. The molecule has 0 radical (unpaired) electrons. The molecular formula is C21H24N2O3. The smallest absolute Gasteiger partial charge is 0.237 e. The van der Waals surface area contributed by atoms with E-state index in [0.29, 0.717) is 17.3 Å². The Bertz CT molecular complexity index is 795. The molecule has 1 N–H and O–H groups in total. The lowest BCUT2D eigenvalue weighted by Crippen LogP contribution is -2.34. The maximum atomic E-state index is 12.8. The summed E-state index contributed by atoms with van der Waals surface area (Å²) in [7, 11) is 1.61. The van der Waals surface area contributed by atoms with E-state index in [2.05, 4.69) is 36.5 Å². The van der Waals surface area contributed by atoms with Crippen LogP contribution in [0.2, 0.25) is 0 Å². The largest absolute Gasteiger partial charge is 0.497 e. The highest BCUT2D eigenvalue weighted by molar-refractivity contribution is 6.17. The Hall–Kier alpha value is -2.82. The second kappa shape index (κ2) is 7.60. The Morgan fingerprint density at radius 2 is 1.77 bits per heavy atom. The van der Waals surface area contributed by atoms with Gasteiger partial charge >= 0.3 is 0 Å². The lowest BCUT2D eigenvalue weighted by molar-refractivity contribution is -0.120. The molecule has 0 aromatic heterocycles. The van der Waals surface area contributed by atoms with Crippen molar-refractivity contribution in [3.63, 3.8) is 0 Å². The van der Waals surface area contributed by atoms with Crippen molar-refractivity contribution < 1.29 is 14.4 Å². The zero-order valence-corrected chi connectivity index (χ0v) is 15.5. The molecule has 3 rings (SSSR count). The van der Waals surface area contributed by atoms with Crippen LogP contribution in [0.4, 0.5) is 5.69 Å². The van der Waals surface area contributed by atoms with Gasteiger partial charge in [0, 0.05) is 11.3 Å². The Labute approximate surface area is 154 Å². The van der Waals surface area contributed by atoms with Crippen LogP contribution in [0, 0.1) is 5.92 Å². The minimum absolute atomic E-state index is 0.133. The number of ether oxygens (including phenoxy) is 1. The van der Waals surface area contributed by atoms with Crippen molar-refractivity contribution in [2.75, 3.05) is 12.4 Å². The highest BCUT2D eigenvalue weighted by Crippen LogP contribution is 2.26. The zero-order chi connectivity index (χ0) is 18.7. The van der Waals surface area contributed by atoms with Gasteiger partial charge in [-0.1, -0.05) is 43.3 Å². The SMILES string of the molecule is COc1ccc(NC(=O)[C@@H]2C(c3ccc(C(C)C)cc3)=NO[C@H]2C)cc1. The number of oxime groups is 1. The predicted molar refractivity (Wildman–Crippen MR) is 103 cm³/mol. The number of hydrogen-bond donors (Lipinski definition) is 1. The molecule has 1 amide bonds. The van der Waals surface area contributed by atoms with Crippen molar-refractivity contribution in [2.24, 2.45) is 11.1 Å². The Morgan fingerprint density at radius 3 is 2.35 bits per heavy atom. The van der Waals surface area contributed by atoms with Gasteiger partial charge in [0.1, 0.15) is 23.5 Å². The van der Waals surface area contributed by atoms with E-state index in [4.69, 9.17) is 9.57 Å². The summed E-state index contributed by atoms with van der Waals surface area (Å²) in [5.41, 5.74) is 3.54. The first-order valence-corrected chi connectivity index (χ1v) is 8.78. The number of hydrogen-bond acceptors (Lipinski definition) is 4. The molecule has 0 aliphatic carbocycles.